The fourth-order valence-electron chi connectivity index (χ4n) is 2.51. The fourth-order valence-corrected chi connectivity index (χ4v) is 2.51. The number of benzene rings is 1. The number of nitrogens with one attached hydrogen (secondary N) is 1. The maximum Gasteiger partial charge on any atom is 0.224 e. The third-order valence-electron chi connectivity index (χ3n) is 3.71. The van der Waals surface area contributed by atoms with Gasteiger partial charge >= 0.3 is 0 Å². The molecule has 1 aromatic rings. The van der Waals surface area contributed by atoms with Crippen LogP contribution in [0.4, 0.5) is 0 Å². The van der Waals surface area contributed by atoms with Gasteiger partial charge in [0.25, 0.3) is 0 Å². The minimum atomic E-state index is -0.178. The average molecular weight is 290 g/mol. The van der Waals surface area contributed by atoms with Crippen LogP contribution in [-0.2, 0) is 16.0 Å². The van der Waals surface area contributed by atoms with Crippen molar-refractivity contribution in [3.05, 3.63) is 29.8 Å². The van der Waals surface area contributed by atoms with Crippen molar-refractivity contribution in [3.63, 3.8) is 0 Å². The number of piperidine rings is 1. The van der Waals surface area contributed by atoms with Crippen LogP contribution in [0.15, 0.2) is 24.3 Å². The Balaban J connectivity index is 1.69. The van der Waals surface area contributed by atoms with Crippen molar-refractivity contribution in [1.82, 2.24) is 10.2 Å². The highest BCUT2D eigenvalue weighted by Crippen LogP contribution is 2.15. The van der Waals surface area contributed by atoms with Crippen LogP contribution in [0.5, 0.6) is 5.75 Å². The fraction of sp³-hybridized carbons (Fsp3) is 0.500. The summed E-state index contributed by atoms with van der Waals surface area (Å²) in [6.07, 6.45) is 3.81. The molecule has 1 aliphatic rings. The zero-order chi connectivity index (χ0) is 15.1. The summed E-state index contributed by atoms with van der Waals surface area (Å²) in [5, 5.41) is 12.3. The standard InChI is InChI=1S/C16H22N2O3/c19-14-7-3-2-6-13(14)12-15(20)17-9-8-16(21)18-10-4-1-5-11-18/h2-3,6-7,19H,1,4-5,8-12H2,(H,17,20). The van der Waals surface area contributed by atoms with E-state index in [0.29, 0.717) is 18.5 Å². The molecule has 1 fully saturated rings. The van der Waals surface area contributed by atoms with Gasteiger partial charge in [0.05, 0.1) is 6.42 Å². The number of hydrogen-bond donors (Lipinski definition) is 2. The van der Waals surface area contributed by atoms with E-state index in [2.05, 4.69) is 5.32 Å². The lowest BCUT2D eigenvalue weighted by atomic mass is 10.1. The van der Waals surface area contributed by atoms with Crippen LogP contribution in [0.3, 0.4) is 0 Å². The number of likely N-dealkylation sites (tertiary alicyclic amines) is 1. The summed E-state index contributed by atoms with van der Waals surface area (Å²) in [5.41, 5.74) is 0.595. The van der Waals surface area contributed by atoms with Crippen molar-refractivity contribution in [2.24, 2.45) is 0 Å². The van der Waals surface area contributed by atoms with Gasteiger partial charge in [0.2, 0.25) is 11.8 Å². The molecule has 0 saturated carbocycles. The molecule has 0 atom stereocenters. The van der Waals surface area contributed by atoms with E-state index < -0.39 is 0 Å². The van der Waals surface area contributed by atoms with E-state index in [4.69, 9.17) is 0 Å². The van der Waals surface area contributed by atoms with Crippen LogP contribution in [0.25, 0.3) is 0 Å². The van der Waals surface area contributed by atoms with Gasteiger partial charge in [0.15, 0.2) is 0 Å². The summed E-state index contributed by atoms with van der Waals surface area (Å²) in [7, 11) is 0. The number of phenols is 1. The number of hydrogen-bond acceptors (Lipinski definition) is 3. The van der Waals surface area contributed by atoms with Crippen molar-refractivity contribution < 1.29 is 14.7 Å². The summed E-state index contributed by atoms with van der Waals surface area (Å²) >= 11 is 0. The summed E-state index contributed by atoms with van der Waals surface area (Å²) < 4.78 is 0. The van der Waals surface area contributed by atoms with Crippen molar-refractivity contribution in [2.45, 2.75) is 32.1 Å². The Kier molecular flexibility index (Phi) is 5.60. The molecular formula is C16H22N2O3. The first-order valence-corrected chi connectivity index (χ1v) is 7.48. The molecule has 1 saturated heterocycles. The van der Waals surface area contributed by atoms with Crippen LogP contribution < -0.4 is 5.32 Å². The third-order valence-corrected chi connectivity index (χ3v) is 3.71. The number of phenolic OH excluding ortho intramolecular Hbond substituents is 1. The Morgan fingerprint density at radius 3 is 2.57 bits per heavy atom. The van der Waals surface area contributed by atoms with Crippen molar-refractivity contribution in [3.8, 4) is 5.75 Å². The second-order valence-corrected chi connectivity index (χ2v) is 5.35. The average Bonchev–Trinajstić information content (AvgIpc) is 2.50. The summed E-state index contributed by atoms with van der Waals surface area (Å²) in [5.74, 6) is 0.0533. The third kappa shape index (κ3) is 4.77. The maximum atomic E-state index is 11.9. The van der Waals surface area contributed by atoms with Crippen molar-refractivity contribution in [1.29, 1.82) is 0 Å². The van der Waals surface area contributed by atoms with Gasteiger partial charge in [-0.05, 0) is 25.3 Å². The van der Waals surface area contributed by atoms with E-state index in [1.807, 2.05) is 4.90 Å². The topological polar surface area (TPSA) is 69.6 Å². The Bertz CT molecular complexity index is 496. The second kappa shape index (κ2) is 7.67. The monoisotopic (exact) mass is 290 g/mol. The van der Waals surface area contributed by atoms with Gasteiger partial charge in [-0.1, -0.05) is 18.2 Å². The highest BCUT2D eigenvalue weighted by Gasteiger charge is 2.16. The predicted octanol–water partition coefficient (Wildman–Crippen LogP) is 1.45. The van der Waals surface area contributed by atoms with Gasteiger partial charge in [0, 0.05) is 31.6 Å². The normalized spacial score (nSPS) is 14.8. The molecule has 0 aliphatic carbocycles. The molecule has 5 heteroatoms. The molecule has 0 bridgehead atoms. The lowest BCUT2D eigenvalue weighted by Gasteiger charge is -2.26. The largest absolute Gasteiger partial charge is 0.508 e. The second-order valence-electron chi connectivity index (χ2n) is 5.35. The van der Waals surface area contributed by atoms with Gasteiger partial charge < -0.3 is 15.3 Å². The van der Waals surface area contributed by atoms with E-state index in [9.17, 15) is 14.7 Å². The molecule has 2 amide bonds. The van der Waals surface area contributed by atoms with Gasteiger partial charge in [-0.15, -0.1) is 0 Å². The Morgan fingerprint density at radius 1 is 1.14 bits per heavy atom. The van der Waals surface area contributed by atoms with Gasteiger partial charge in [-0.2, -0.15) is 0 Å². The van der Waals surface area contributed by atoms with Crippen molar-refractivity contribution >= 4 is 11.8 Å². The van der Waals surface area contributed by atoms with Crippen LogP contribution in [0, 0.1) is 0 Å². The summed E-state index contributed by atoms with van der Waals surface area (Å²) in [4.78, 5) is 25.6. The zero-order valence-electron chi connectivity index (χ0n) is 12.2. The highest BCUT2D eigenvalue weighted by molar-refractivity contribution is 5.81. The number of carbonyl (C=O) groups is 2. The molecule has 2 rings (SSSR count). The first-order valence-electron chi connectivity index (χ1n) is 7.48. The van der Waals surface area contributed by atoms with Gasteiger partial charge in [0.1, 0.15) is 5.75 Å². The molecule has 1 aliphatic heterocycles. The van der Waals surface area contributed by atoms with E-state index in [1.165, 1.54) is 6.42 Å². The molecule has 2 N–H and O–H groups in total. The number of rotatable bonds is 5. The SMILES string of the molecule is O=C(Cc1ccccc1O)NCCC(=O)N1CCCCC1. The molecule has 21 heavy (non-hydrogen) atoms. The zero-order valence-corrected chi connectivity index (χ0v) is 12.2. The quantitative estimate of drug-likeness (QED) is 0.862. The molecule has 1 aromatic carbocycles. The van der Waals surface area contributed by atoms with Crippen LogP contribution >= 0.6 is 0 Å². The van der Waals surface area contributed by atoms with E-state index >= 15 is 0 Å². The van der Waals surface area contributed by atoms with Gasteiger partial charge in [-0.3, -0.25) is 9.59 Å². The molecule has 1 heterocycles. The number of nitrogens with zero attached hydrogens (tertiary/aromatic N) is 1. The molecule has 0 spiro atoms. The minimum absolute atomic E-state index is 0.109. The Labute approximate surface area is 125 Å². The number of aromatic hydroxyl groups is 1. The predicted molar refractivity (Wildman–Crippen MR) is 79.9 cm³/mol. The van der Waals surface area contributed by atoms with E-state index in [0.717, 1.165) is 25.9 Å². The lowest BCUT2D eigenvalue weighted by Crippen LogP contribution is -2.38. The lowest BCUT2D eigenvalue weighted by molar-refractivity contribution is -0.132. The molecule has 0 aromatic heterocycles. The first kappa shape index (κ1) is 15.4. The number of carbonyl (C=O) groups excluding carboxylic acids is 2. The van der Waals surface area contributed by atoms with Crippen LogP contribution in [0.1, 0.15) is 31.2 Å². The summed E-state index contributed by atoms with van der Waals surface area (Å²) in [6, 6.07) is 6.77. The maximum absolute atomic E-state index is 11.9. The van der Waals surface area contributed by atoms with E-state index in [-0.39, 0.29) is 24.0 Å². The molecule has 5 nitrogen and oxygen atoms in total. The summed E-state index contributed by atoms with van der Waals surface area (Å²) in [6.45, 7) is 2.02. The smallest absolute Gasteiger partial charge is 0.224 e. The minimum Gasteiger partial charge on any atom is -0.508 e. The van der Waals surface area contributed by atoms with E-state index in [1.54, 1.807) is 24.3 Å². The first-order chi connectivity index (χ1) is 10.2. The number of para-hydroxylation sites is 1. The molecule has 0 radical (unpaired) electrons. The van der Waals surface area contributed by atoms with Crippen LogP contribution in [-0.4, -0.2) is 41.5 Å². The highest BCUT2D eigenvalue weighted by atomic mass is 16.3. The Morgan fingerprint density at radius 2 is 1.86 bits per heavy atom. The van der Waals surface area contributed by atoms with Gasteiger partial charge in [-0.25, -0.2) is 0 Å². The molecule has 0 unspecified atom stereocenters. The molecular weight excluding hydrogens is 268 g/mol. The molecule has 114 valence electrons. The Hall–Kier alpha value is -2.04. The van der Waals surface area contributed by atoms with Crippen molar-refractivity contribution in [2.75, 3.05) is 19.6 Å². The van der Waals surface area contributed by atoms with Crippen LogP contribution in [0.2, 0.25) is 0 Å². The number of amides is 2.